The lowest BCUT2D eigenvalue weighted by molar-refractivity contribution is -0.140. The molecule has 8 N–H and O–H groups in total. The Morgan fingerprint density at radius 2 is 1.39 bits per heavy atom. The number of aliphatic carboxylic acids is 1. The van der Waals surface area contributed by atoms with Crippen LogP contribution in [0.3, 0.4) is 0 Å². The Morgan fingerprint density at radius 3 is 2.00 bits per heavy atom. The van der Waals surface area contributed by atoms with Crippen LogP contribution in [0.2, 0.25) is 0 Å². The Morgan fingerprint density at radius 1 is 0.750 bits per heavy atom. The fourth-order valence-corrected chi connectivity index (χ4v) is 4.53. The second-order valence-electron chi connectivity index (χ2n) is 10.4. The van der Waals surface area contributed by atoms with Crippen LogP contribution < -0.4 is 21.7 Å². The number of rotatable bonds is 15. The van der Waals surface area contributed by atoms with E-state index >= 15 is 0 Å². The number of aromatic carboxylic acids is 1. The molecule has 0 aliphatic carbocycles. The van der Waals surface area contributed by atoms with Crippen molar-refractivity contribution in [2.75, 3.05) is 5.73 Å². The van der Waals surface area contributed by atoms with E-state index in [4.69, 9.17) is 5.73 Å². The molecule has 0 spiro atoms. The first kappa shape index (κ1) is 33.3. The van der Waals surface area contributed by atoms with Crippen molar-refractivity contribution in [2.24, 2.45) is 0 Å². The Labute approximate surface area is 254 Å². The Balaban J connectivity index is 1.71. The van der Waals surface area contributed by atoms with Crippen LogP contribution in [-0.2, 0) is 27.2 Å². The fraction of sp³-hybridized carbons (Fsp3) is 0.281. The number of phenolic OH excluding ortho intramolecular Hbond substituents is 1. The van der Waals surface area contributed by atoms with Crippen molar-refractivity contribution in [2.45, 2.75) is 57.3 Å². The van der Waals surface area contributed by atoms with Gasteiger partial charge in [0.1, 0.15) is 17.8 Å². The minimum absolute atomic E-state index is 0.00562. The molecule has 0 bridgehead atoms. The molecule has 0 fully saturated rings. The summed E-state index contributed by atoms with van der Waals surface area (Å²) in [5, 5.41) is 36.8. The van der Waals surface area contributed by atoms with Crippen molar-refractivity contribution in [3.63, 3.8) is 0 Å². The zero-order valence-electron chi connectivity index (χ0n) is 24.3. The van der Waals surface area contributed by atoms with E-state index in [0.29, 0.717) is 12.0 Å². The molecule has 0 aromatic heterocycles. The summed E-state index contributed by atoms with van der Waals surface area (Å²) < 4.78 is 0. The number of Topliss-reactive ketones (excluding diaryl/α,β-unsaturated/α-hetero) is 1. The number of hydrogen-bond acceptors (Lipinski definition) is 8. The summed E-state index contributed by atoms with van der Waals surface area (Å²) in [6.45, 7) is 2.87. The van der Waals surface area contributed by atoms with Gasteiger partial charge in [0.15, 0.2) is 5.78 Å². The van der Waals surface area contributed by atoms with E-state index in [1.54, 1.807) is 12.1 Å². The van der Waals surface area contributed by atoms with Gasteiger partial charge in [-0.1, -0.05) is 42.5 Å². The van der Waals surface area contributed by atoms with Gasteiger partial charge in [-0.2, -0.15) is 0 Å². The summed E-state index contributed by atoms with van der Waals surface area (Å²) in [6, 6.07) is 14.6. The first-order valence-corrected chi connectivity index (χ1v) is 13.9. The number of carboxylic acids is 2. The molecule has 4 atom stereocenters. The quantitative estimate of drug-likeness (QED) is 0.0993. The largest absolute Gasteiger partial charge is 0.508 e. The SMILES string of the molecule is C[C@H](NC(=O)[C@H](C)NC(CCc1ccccc1)C(=O)O)C(=O)N[C@@H](Cc1ccc(O)cc1)C(=O)c1cc(N)ccc1C(=O)O. The minimum Gasteiger partial charge on any atom is -0.508 e. The highest BCUT2D eigenvalue weighted by atomic mass is 16.4. The normalized spacial score (nSPS) is 13.6. The number of nitrogens with two attached hydrogens (primary N) is 1. The first-order valence-electron chi connectivity index (χ1n) is 13.9. The topological polar surface area (TPSA) is 208 Å². The van der Waals surface area contributed by atoms with Crippen molar-refractivity contribution in [1.29, 1.82) is 0 Å². The third kappa shape index (κ3) is 9.39. The van der Waals surface area contributed by atoms with Gasteiger partial charge in [0.25, 0.3) is 0 Å². The van der Waals surface area contributed by atoms with Gasteiger partial charge in [0, 0.05) is 17.7 Å². The van der Waals surface area contributed by atoms with Crippen molar-refractivity contribution < 1.29 is 39.3 Å². The lowest BCUT2D eigenvalue weighted by Crippen LogP contribution is -2.55. The maximum Gasteiger partial charge on any atom is 0.336 e. The molecule has 2 amide bonds. The maximum atomic E-state index is 13.6. The number of carbonyl (C=O) groups is 5. The van der Waals surface area contributed by atoms with Gasteiger partial charge in [-0.25, -0.2) is 4.79 Å². The molecule has 3 aromatic carbocycles. The molecular weight excluding hydrogens is 568 g/mol. The predicted octanol–water partition coefficient (Wildman–Crippen LogP) is 2.15. The van der Waals surface area contributed by atoms with Crippen LogP contribution in [0.5, 0.6) is 5.75 Å². The van der Waals surface area contributed by atoms with Crippen LogP contribution in [0.4, 0.5) is 5.69 Å². The van der Waals surface area contributed by atoms with Gasteiger partial charge >= 0.3 is 11.9 Å². The Bertz CT molecular complexity index is 1490. The zero-order valence-corrected chi connectivity index (χ0v) is 24.3. The van der Waals surface area contributed by atoms with Crippen LogP contribution in [0, 0.1) is 0 Å². The van der Waals surface area contributed by atoms with Gasteiger partial charge in [0.05, 0.1) is 17.6 Å². The molecule has 0 radical (unpaired) electrons. The lowest BCUT2D eigenvalue weighted by atomic mass is 9.93. The van der Waals surface area contributed by atoms with Crippen molar-refractivity contribution in [3.8, 4) is 5.75 Å². The summed E-state index contributed by atoms with van der Waals surface area (Å²) in [5.74, 6) is -4.56. The van der Waals surface area contributed by atoms with Gasteiger partial charge in [-0.05, 0) is 68.1 Å². The van der Waals surface area contributed by atoms with Crippen LogP contribution in [0.25, 0.3) is 0 Å². The molecule has 44 heavy (non-hydrogen) atoms. The number of nitrogen functional groups attached to an aromatic ring is 1. The molecule has 0 saturated carbocycles. The summed E-state index contributed by atoms with van der Waals surface area (Å²) in [6.07, 6.45) is 0.653. The van der Waals surface area contributed by atoms with Gasteiger partial charge < -0.3 is 31.7 Å². The molecule has 232 valence electrons. The lowest BCUT2D eigenvalue weighted by Gasteiger charge is -2.24. The predicted molar refractivity (Wildman–Crippen MR) is 162 cm³/mol. The second-order valence-corrected chi connectivity index (χ2v) is 10.4. The maximum absolute atomic E-state index is 13.6. The van der Waals surface area contributed by atoms with Crippen molar-refractivity contribution >= 4 is 35.2 Å². The number of anilines is 1. The summed E-state index contributed by atoms with van der Waals surface area (Å²) in [7, 11) is 0. The highest BCUT2D eigenvalue weighted by Crippen LogP contribution is 2.19. The second kappa shape index (κ2) is 15.3. The van der Waals surface area contributed by atoms with Crippen LogP contribution >= 0.6 is 0 Å². The van der Waals surface area contributed by atoms with E-state index < -0.39 is 53.7 Å². The number of carbonyl (C=O) groups excluding carboxylic acids is 3. The average molecular weight is 605 g/mol. The molecule has 3 rings (SSSR count). The summed E-state index contributed by atoms with van der Waals surface area (Å²) >= 11 is 0. The van der Waals surface area contributed by atoms with Crippen molar-refractivity contribution in [3.05, 3.63) is 95.1 Å². The molecule has 0 saturated heterocycles. The average Bonchev–Trinajstić information content (AvgIpc) is 2.99. The van der Waals surface area contributed by atoms with E-state index in [1.165, 1.54) is 44.2 Å². The van der Waals surface area contributed by atoms with E-state index in [0.717, 1.165) is 5.56 Å². The summed E-state index contributed by atoms with van der Waals surface area (Å²) in [5.41, 5.74) is 6.99. The highest BCUT2D eigenvalue weighted by Gasteiger charge is 2.30. The first-order chi connectivity index (χ1) is 20.8. The number of hydrogen-bond donors (Lipinski definition) is 7. The number of carboxylic acid groups (broad SMARTS) is 2. The number of ketones is 1. The van der Waals surface area contributed by atoms with Crippen molar-refractivity contribution in [1.82, 2.24) is 16.0 Å². The fourth-order valence-electron chi connectivity index (χ4n) is 4.53. The smallest absolute Gasteiger partial charge is 0.336 e. The standard InChI is InChI=1S/C32H36N4O8/c1-18(34-26(32(43)44)15-10-20-6-4-3-5-7-20)29(39)35-19(2)30(40)36-27(16-21-8-12-23(37)13-9-21)28(38)25-17-22(33)11-14-24(25)31(41)42/h3-9,11-14,17-19,26-27,34,37H,10,15-16,33H2,1-2H3,(H,35,39)(H,36,40)(H,41,42)(H,43,44)/t18-,19-,26?,27-/m0/s1. The molecule has 1 unspecified atom stereocenters. The number of phenols is 1. The van der Waals surface area contributed by atoms with Gasteiger partial charge in [-0.15, -0.1) is 0 Å². The monoisotopic (exact) mass is 604 g/mol. The van der Waals surface area contributed by atoms with E-state index in [9.17, 15) is 39.3 Å². The third-order valence-electron chi connectivity index (χ3n) is 7.01. The molecular formula is C32H36N4O8. The van der Waals surface area contributed by atoms with E-state index in [2.05, 4.69) is 16.0 Å². The number of benzene rings is 3. The number of nitrogens with one attached hydrogen (secondary N) is 3. The van der Waals surface area contributed by atoms with Gasteiger partial charge in [-0.3, -0.25) is 24.5 Å². The van der Waals surface area contributed by atoms with Crippen LogP contribution in [0.15, 0.2) is 72.8 Å². The minimum atomic E-state index is -1.35. The molecule has 3 aromatic rings. The van der Waals surface area contributed by atoms with Crippen LogP contribution in [0.1, 0.15) is 52.1 Å². The Hall–Kier alpha value is -5.23. The van der Waals surface area contributed by atoms with E-state index in [-0.39, 0.29) is 35.4 Å². The molecule has 12 heteroatoms. The van der Waals surface area contributed by atoms with Crippen LogP contribution in [-0.4, -0.2) is 69.0 Å². The van der Waals surface area contributed by atoms with E-state index in [1.807, 2.05) is 30.3 Å². The molecule has 0 aliphatic rings. The highest BCUT2D eigenvalue weighted by molar-refractivity contribution is 6.10. The number of aromatic hydroxyl groups is 1. The summed E-state index contributed by atoms with van der Waals surface area (Å²) in [4.78, 5) is 63.3. The number of amides is 2. The Kier molecular flexibility index (Phi) is 11.6. The number of aryl methyl sites for hydroxylation is 1. The molecule has 0 heterocycles. The zero-order chi connectivity index (χ0) is 32.4. The molecule has 12 nitrogen and oxygen atoms in total. The van der Waals surface area contributed by atoms with Gasteiger partial charge in [0.2, 0.25) is 11.8 Å². The third-order valence-corrected chi connectivity index (χ3v) is 7.01. The molecule has 0 aliphatic heterocycles.